The molecule has 0 unspecified atom stereocenters. The Morgan fingerprint density at radius 1 is 1.22 bits per heavy atom. The molecule has 1 aliphatic carbocycles. The molecule has 0 spiro atoms. The van der Waals surface area contributed by atoms with Crippen LogP contribution in [0.4, 0.5) is 4.79 Å². The third-order valence-electron chi connectivity index (χ3n) is 4.09. The molecule has 9 heteroatoms. The molecule has 27 heavy (non-hydrogen) atoms. The lowest BCUT2D eigenvalue weighted by atomic mass is 10.1. The number of carbonyl (C=O) groups is 2. The van der Waals surface area contributed by atoms with Crippen LogP contribution in [0, 0.1) is 0 Å². The van der Waals surface area contributed by atoms with Crippen molar-refractivity contribution in [3.05, 3.63) is 29.8 Å². The minimum atomic E-state index is -2.20. The van der Waals surface area contributed by atoms with Gasteiger partial charge in [-0.25, -0.2) is 4.79 Å². The second-order valence-corrected chi connectivity index (χ2v) is 6.91. The van der Waals surface area contributed by atoms with Crippen LogP contribution in [-0.4, -0.2) is 40.1 Å². The Morgan fingerprint density at radius 2 is 1.85 bits per heavy atom. The summed E-state index contributed by atoms with van der Waals surface area (Å²) in [6.45, 7) is 2.10. The van der Waals surface area contributed by atoms with Crippen molar-refractivity contribution in [1.82, 2.24) is 10.6 Å². The first kappa shape index (κ1) is 22.6. The fraction of sp³-hybridized carbons (Fsp3) is 0.556. The van der Waals surface area contributed by atoms with Gasteiger partial charge in [-0.3, -0.25) is 10.1 Å². The van der Waals surface area contributed by atoms with Crippen molar-refractivity contribution in [2.24, 2.45) is 4.36 Å². The molecule has 1 aliphatic rings. The number of unbranched alkanes of at least 4 members (excludes halogenated alkanes) is 1. The maximum atomic E-state index is 11.3. The van der Waals surface area contributed by atoms with E-state index in [-0.39, 0.29) is 17.9 Å². The summed E-state index contributed by atoms with van der Waals surface area (Å²) in [6, 6.07) is 6.59. The Hall–Kier alpha value is -2.42. The van der Waals surface area contributed by atoms with Gasteiger partial charge in [-0.15, -0.1) is 0 Å². The minimum Gasteiger partial charge on any atom is -0.497 e. The van der Waals surface area contributed by atoms with Crippen LogP contribution in [-0.2, 0) is 21.7 Å². The molecule has 1 saturated carbocycles. The van der Waals surface area contributed by atoms with Gasteiger partial charge in [0.15, 0.2) is 0 Å². The van der Waals surface area contributed by atoms with Gasteiger partial charge in [0.25, 0.3) is 0 Å². The minimum absolute atomic E-state index is 0.164. The standard InChI is InChI=1S/C11H14N2O3.C7H13NO2S/c1-12-11(15)13-10(14)7-8-3-5-9(16-2)6-4-8;1-2-3-4-7(5-6-7)8-11(9)10/h3-6H,7H2,1-2H3,(H2,12,13,14,15);2-6H2,1H3. The predicted molar refractivity (Wildman–Crippen MR) is 102 cm³/mol. The van der Waals surface area contributed by atoms with E-state index in [1.54, 1.807) is 31.4 Å². The first-order valence-corrected chi connectivity index (χ1v) is 9.84. The number of nitrogens with one attached hydrogen (secondary N) is 2. The molecule has 2 N–H and O–H groups in total. The lowest BCUT2D eigenvalue weighted by Crippen LogP contribution is -2.38. The lowest BCUT2D eigenvalue weighted by molar-refractivity contribution is -0.119. The summed E-state index contributed by atoms with van der Waals surface area (Å²) in [4.78, 5) is 22.2. The molecule has 0 saturated heterocycles. The third-order valence-corrected chi connectivity index (χ3v) is 4.63. The van der Waals surface area contributed by atoms with Crippen LogP contribution >= 0.6 is 0 Å². The van der Waals surface area contributed by atoms with Crippen molar-refractivity contribution in [3.8, 4) is 5.75 Å². The Morgan fingerprint density at radius 3 is 2.30 bits per heavy atom. The number of hydrogen-bond acceptors (Lipinski definition) is 6. The molecule has 0 aromatic heterocycles. The van der Waals surface area contributed by atoms with Crippen LogP contribution in [0.15, 0.2) is 28.6 Å². The molecule has 1 fully saturated rings. The maximum Gasteiger partial charge on any atom is 0.321 e. The summed E-state index contributed by atoms with van der Waals surface area (Å²) in [7, 11) is 0.830. The number of carbonyl (C=O) groups excluding carboxylic acids is 2. The summed E-state index contributed by atoms with van der Waals surface area (Å²) >= 11 is 0. The molecule has 0 radical (unpaired) electrons. The summed E-state index contributed by atoms with van der Waals surface area (Å²) in [5.41, 5.74) is 0.657. The SMILES string of the molecule is CCCCC1(N=S(=O)=O)CC1.CNC(=O)NC(=O)Cc1ccc(OC)cc1. The van der Waals surface area contributed by atoms with Crippen LogP contribution in [0.2, 0.25) is 0 Å². The van der Waals surface area contributed by atoms with Gasteiger partial charge < -0.3 is 10.1 Å². The molecule has 0 atom stereocenters. The van der Waals surface area contributed by atoms with Crippen LogP contribution in [0.3, 0.4) is 0 Å². The second kappa shape index (κ2) is 11.3. The van der Waals surface area contributed by atoms with Crippen LogP contribution < -0.4 is 15.4 Å². The van der Waals surface area contributed by atoms with Gasteiger partial charge in [-0.2, -0.15) is 12.8 Å². The monoisotopic (exact) mass is 397 g/mol. The number of amides is 3. The lowest BCUT2D eigenvalue weighted by Gasteiger charge is -2.04. The largest absolute Gasteiger partial charge is 0.497 e. The zero-order valence-corrected chi connectivity index (χ0v) is 16.8. The molecular formula is C18H27N3O5S. The number of methoxy groups -OCH3 is 1. The Labute approximate surface area is 161 Å². The highest BCUT2D eigenvalue weighted by Gasteiger charge is 2.42. The van der Waals surface area contributed by atoms with E-state index >= 15 is 0 Å². The van der Waals surface area contributed by atoms with E-state index in [1.165, 1.54) is 7.05 Å². The Bertz CT molecular complexity index is 748. The molecule has 0 heterocycles. The highest BCUT2D eigenvalue weighted by molar-refractivity contribution is 7.61. The number of nitrogens with zero attached hydrogens (tertiary/aromatic N) is 1. The highest BCUT2D eigenvalue weighted by Crippen LogP contribution is 2.43. The highest BCUT2D eigenvalue weighted by atomic mass is 32.2. The van der Waals surface area contributed by atoms with E-state index in [0.29, 0.717) is 0 Å². The van der Waals surface area contributed by atoms with Crippen molar-refractivity contribution >= 4 is 22.4 Å². The molecule has 0 bridgehead atoms. The van der Waals surface area contributed by atoms with Gasteiger partial charge in [0.2, 0.25) is 5.91 Å². The van der Waals surface area contributed by atoms with Gasteiger partial charge in [0, 0.05) is 7.05 Å². The fourth-order valence-electron chi connectivity index (χ4n) is 2.36. The van der Waals surface area contributed by atoms with Gasteiger partial charge >= 0.3 is 16.5 Å². The van der Waals surface area contributed by atoms with Crippen molar-refractivity contribution in [2.45, 2.75) is 51.0 Å². The molecule has 150 valence electrons. The van der Waals surface area contributed by atoms with Crippen molar-refractivity contribution in [3.63, 3.8) is 0 Å². The number of hydrogen-bond donors (Lipinski definition) is 2. The van der Waals surface area contributed by atoms with Gasteiger partial charge in [-0.1, -0.05) is 31.9 Å². The van der Waals surface area contributed by atoms with E-state index in [9.17, 15) is 18.0 Å². The molecule has 0 aliphatic heterocycles. The number of imide groups is 1. The molecule has 1 aromatic carbocycles. The van der Waals surface area contributed by atoms with Crippen LogP contribution in [0.5, 0.6) is 5.75 Å². The third kappa shape index (κ3) is 9.18. The zero-order chi connectivity index (χ0) is 20.3. The van der Waals surface area contributed by atoms with E-state index in [4.69, 9.17) is 4.74 Å². The quantitative estimate of drug-likeness (QED) is 0.734. The van der Waals surface area contributed by atoms with Gasteiger partial charge in [0.1, 0.15) is 5.75 Å². The second-order valence-electron chi connectivity index (χ2n) is 6.29. The predicted octanol–water partition coefficient (Wildman–Crippen LogP) is 2.47. The Balaban J connectivity index is 0.000000289. The van der Waals surface area contributed by atoms with E-state index in [1.807, 2.05) is 0 Å². The molecule has 1 aromatic rings. The summed E-state index contributed by atoms with van der Waals surface area (Å²) < 4.78 is 29.2. The molecule has 3 amide bonds. The Kier molecular flexibility index (Phi) is 9.49. The smallest absolute Gasteiger partial charge is 0.321 e. The van der Waals surface area contributed by atoms with Gasteiger partial charge in [-0.05, 0) is 37.0 Å². The molecule has 2 rings (SSSR count). The normalized spacial score (nSPS) is 13.4. The van der Waals surface area contributed by atoms with Crippen molar-refractivity contribution in [2.75, 3.05) is 14.2 Å². The van der Waals surface area contributed by atoms with Crippen molar-refractivity contribution < 1.29 is 22.7 Å². The zero-order valence-electron chi connectivity index (χ0n) is 15.9. The van der Waals surface area contributed by atoms with Crippen LogP contribution in [0.25, 0.3) is 0 Å². The molecule has 8 nitrogen and oxygen atoms in total. The van der Waals surface area contributed by atoms with E-state index in [0.717, 1.165) is 43.4 Å². The topological polar surface area (TPSA) is 114 Å². The average Bonchev–Trinajstić information content (AvgIpc) is 3.39. The first-order chi connectivity index (χ1) is 12.8. The number of benzene rings is 1. The summed E-state index contributed by atoms with van der Waals surface area (Å²) in [5, 5.41) is 4.50. The first-order valence-electron chi connectivity index (χ1n) is 8.81. The molecular weight excluding hydrogens is 370 g/mol. The summed E-state index contributed by atoms with van der Waals surface area (Å²) in [6.07, 6.45) is 5.22. The number of rotatable bonds is 7. The maximum absolute atomic E-state index is 11.3. The average molecular weight is 397 g/mol. The van der Waals surface area contributed by atoms with E-state index in [2.05, 4.69) is 21.9 Å². The van der Waals surface area contributed by atoms with Gasteiger partial charge in [0.05, 0.1) is 19.1 Å². The fourth-order valence-corrected chi connectivity index (χ4v) is 2.95. The number of ether oxygens (including phenoxy) is 1. The van der Waals surface area contributed by atoms with Crippen LogP contribution in [0.1, 0.15) is 44.6 Å². The van der Waals surface area contributed by atoms with Crippen molar-refractivity contribution in [1.29, 1.82) is 0 Å². The number of urea groups is 1. The van der Waals surface area contributed by atoms with E-state index < -0.39 is 16.5 Å². The summed E-state index contributed by atoms with van der Waals surface area (Å²) in [5.74, 6) is 0.389.